The lowest BCUT2D eigenvalue weighted by Gasteiger charge is -2.02. The molecule has 2 aromatic rings. The molecule has 0 saturated carbocycles. The van der Waals surface area contributed by atoms with Gasteiger partial charge in [0.2, 0.25) is 0 Å². The smallest absolute Gasteiger partial charge is 0.306 e. The molecule has 0 aromatic carbocycles. The Kier molecular flexibility index (Phi) is 3.91. The van der Waals surface area contributed by atoms with E-state index in [9.17, 15) is 17.6 Å². The maximum absolute atomic E-state index is 12.7. The summed E-state index contributed by atoms with van der Waals surface area (Å²) in [4.78, 5) is 0.788. The molecule has 2 aromatic heterocycles. The van der Waals surface area contributed by atoms with Gasteiger partial charge in [0, 0.05) is 25.0 Å². The van der Waals surface area contributed by atoms with E-state index >= 15 is 0 Å². The molecule has 0 amide bonds. The summed E-state index contributed by atoms with van der Waals surface area (Å²) < 4.78 is 51.2. The second-order valence-electron chi connectivity index (χ2n) is 3.95. The van der Waals surface area contributed by atoms with Gasteiger partial charge < -0.3 is 5.32 Å². The number of alkyl halides is 3. The van der Waals surface area contributed by atoms with Crippen LogP contribution >= 0.6 is 11.3 Å². The van der Waals surface area contributed by atoms with Gasteiger partial charge in [-0.3, -0.25) is 4.68 Å². The average Bonchev–Trinajstić information content (AvgIpc) is 2.86. The summed E-state index contributed by atoms with van der Waals surface area (Å²) in [7, 11) is 1.46. The van der Waals surface area contributed by atoms with Crippen molar-refractivity contribution in [2.24, 2.45) is 7.05 Å². The molecule has 0 aliphatic rings. The quantitative estimate of drug-likeness (QED) is 0.878. The highest BCUT2D eigenvalue weighted by Crippen LogP contribution is 2.28. The average molecular weight is 293 g/mol. The van der Waals surface area contributed by atoms with Crippen molar-refractivity contribution < 1.29 is 17.6 Å². The Labute approximate surface area is 110 Å². The van der Waals surface area contributed by atoms with Crippen LogP contribution in [0.2, 0.25) is 0 Å². The minimum absolute atomic E-state index is 0.235. The minimum atomic E-state index is -4.44. The predicted octanol–water partition coefficient (Wildman–Crippen LogP) is 2.93. The van der Waals surface area contributed by atoms with Crippen molar-refractivity contribution in [3.8, 4) is 0 Å². The summed E-state index contributed by atoms with van der Waals surface area (Å²) in [6, 6.07) is 3.99. The number of rotatable bonds is 4. The van der Waals surface area contributed by atoms with E-state index in [0.29, 0.717) is 12.2 Å². The van der Waals surface area contributed by atoms with E-state index in [1.54, 1.807) is 6.07 Å². The fourth-order valence-corrected chi connectivity index (χ4v) is 2.27. The third-order valence-corrected chi connectivity index (χ3v) is 3.38. The Morgan fingerprint density at radius 3 is 2.58 bits per heavy atom. The normalized spacial score (nSPS) is 12.1. The first-order valence-electron chi connectivity index (χ1n) is 5.41. The number of aryl methyl sites for hydroxylation is 1. The molecule has 0 fully saturated rings. The van der Waals surface area contributed by atoms with Crippen molar-refractivity contribution in [1.29, 1.82) is 0 Å². The van der Waals surface area contributed by atoms with Crippen LogP contribution in [0.5, 0.6) is 0 Å². The Balaban J connectivity index is 1.94. The fourth-order valence-electron chi connectivity index (χ4n) is 1.57. The van der Waals surface area contributed by atoms with Gasteiger partial charge in [0.1, 0.15) is 0 Å². The van der Waals surface area contributed by atoms with Gasteiger partial charge in [0.25, 0.3) is 0 Å². The zero-order chi connectivity index (χ0) is 14.0. The molecule has 0 spiro atoms. The molecule has 0 atom stereocenters. The van der Waals surface area contributed by atoms with Crippen LogP contribution in [-0.2, 0) is 26.3 Å². The number of nitrogens with zero attached hydrogens (tertiary/aromatic N) is 2. The summed E-state index contributed by atoms with van der Waals surface area (Å²) in [5.41, 5.74) is -0.488. The zero-order valence-electron chi connectivity index (χ0n) is 9.96. The van der Waals surface area contributed by atoms with Gasteiger partial charge in [-0.2, -0.15) is 22.7 Å². The van der Waals surface area contributed by atoms with Gasteiger partial charge in [-0.15, -0.1) is 11.3 Å². The van der Waals surface area contributed by atoms with Crippen molar-refractivity contribution in [3.05, 3.63) is 39.6 Å². The molecule has 2 rings (SSSR count). The maximum Gasteiger partial charge on any atom is 0.435 e. The Bertz CT molecular complexity index is 559. The third kappa shape index (κ3) is 3.54. The zero-order valence-corrected chi connectivity index (χ0v) is 10.8. The Hall–Kier alpha value is -1.41. The van der Waals surface area contributed by atoms with Crippen molar-refractivity contribution in [3.63, 3.8) is 0 Å². The molecule has 3 nitrogen and oxygen atoms in total. The number of nitrogens with one attached hydrogen (secondary N) is 1. The van der Waals surface area contributed by atoms with Crippen LogP contribution in [0.25, 0.3) is 0 Å². The van der Waals surface area contributed by atoms with Crippen LogP contribution in [0.15, 0.2) is 18.2 Å². The highest BCUT2D eigenvalue weighted by molar-refractivity contribution is 7.10. The van der Waals surface area contributed by atoms with E-state index in [-0.39, 0.29) is 11.7 Å². The highest BCUT2D eigenvalue weighted by atomic mass is 32.1. The Morgan fingerprint density at radius 2 is 2.05 bits per heavy atom. The van der Waals surface area contributed by atoms with E-state index in [0.717, 1.165) is 22.3 Å². The molecule has 8 heteroatoms. The summed E-state index contributed by atoms with van der Waals surface area (Å²) in [6.45, 7) is 0.639. The molecule has 0 unspecified atom stereocenters. The monoisotopic (exact) mass is 293 g/mol. The predicted molar refractivity (Wildman–Crippen MR) is 63.0 cm³/mol. The second kappa shape index (κ2) is 5.30. The lowest BCUT2D eigenvalue weighted by Crippen LogP contribution is -2.14. The van der Waals surface area contributed by atoms with Crippen LogP contribution < -0.4 is 5.32 Å². The number of hydrogen-bond acceptors (Lipinski definition) is 3. The number of hydrogen-bond donors (Lipinski definition) is 1. The molecule has 0 saturated heterocycles. The highest BCUT2D eigenvalue weighted by Gasteiger charge is 2.34. The molecular weight excluding hydrogens is 282 g/mol. The molecule has 104 valence electrons. The summed E-state index contributed by atoms with van der Waals surface area (Å²) >= 11 is 1.00. The molecule has 2 heterocycles. The number of aromatic nitrogens is 2. The largest absolute Gasteiger partial charge is 0.435 e. The van der Waals surface area contributed by atoms with E-state index in [1.807, 2.05) is 0 Å². The van der Waals surface area contributed by atoms with Crippen LogP contribution in [0.3, 0.4) is 0 Å². The first kappa shape index (κ1) is 14.0. The molecule has 1 N–H and O–H groups in total. The van der Waals surface area contributed by atoms with E-state index in [2.05, 4.69) is 10.4 Å². The third-order valence-electron chi connectivity index (χ3n) is 2.50. The van der Waals surface area contributed by atoms with Crippen molar-refractivity contribution >= 4 is 11.3 Å². The second-order valence-corrected chi connectivity index (χ2v) is 5.07. The van der Waals surface area contributed by atoms with Crippen LogP contribution in [0, 0.1) is 5.13 Å². The molecule has 0 aliphatic carbocycles. The molecule has 0 radical (unpaired) electrons. The Morgan fingerprint density at radius 1 is 1.32 bits per heavy atom. The van der Waals surface area contributed by atoms with Crippen molar-refractivity contribution in [2.45, 2.75) is 19.3 Å². The van der Waals surface area contributed by atoms with E-state index < -0.39 is 11.9 Å². The van der Waals surface area contributed by atoms with Gasteiger partial charge in [-0.1, -0.05) is 0 Å². The summed E-state index contributed by atoms with van der Waals surface area (Å²) in [5, 5.41) is 6.08. The molecular formula is C11H11F4N3S. The van der Waals surface area contributed by atoms with Crippen LogP contribution in [-0.4, -0.2) is 9.78 Å². The molecule has 0 bridgehead atoms. The first-order chi connectivity index (χ1) is 8.86. The lowest BCUT2D eigenvalue weighted by molar-refractivity contribution is -0.141. The van der Waals surface area contributed by atoms with Gasteiger partial charge in [0.15, 0.2) is 10.8 Å². The van der Waals surface area contributed by atoms with E-state index in [4.69, 9.17) is 0 Å². The fraction of sp³-hybridized carbons (Fsp3) is 0.364. The van der Waals surface area contributed by atoms with Crippen LogP contribution in [0.4, 0.5) is 17.6 Å². The number of thiophene rings is 1. The van der Waals surface area contributed by atoms with E-state index in [1.165, 1.54) is 17.8 Å². The van der Waals surface area contributed by atoms with Gasteiger partial charge in [0.05, 0.1) is 5.69 Å². The van der Waals surface area contributed by atoms with Crippen molar-refractivity contribution in [1.82, 2.24) is 15.1 Å². The standard InChI is InChI=1S/C11H11F4N3S/c1-18-7(4-9(17-18)11(13,14)15)5-16-6-8-2-3-10(12)19-8/h2-4,16H,5-6H2,1H3. The van der Waals surface area contributed by atoms with Crippen LogP contribution in [0.1, 0.15) is 16.3 Å². The van der Waals surface area contributed by atoms with Gasteiger partial charge in [-0.25, -0.2) is 0 Å². The SMILES string of the molecule is Cn1nc(C(F)(F)F)cc1CNCc1ccc(F)s1. The van der Waals surface area contributed by atoms with Gasteiger partial charge >= 0.3 is 6.18 Å². The molecule has 19 heavy (non-hydrogen) atoms. The first-order valence-corrected chi connectivity index (χ1v) is 6.23. The minimum Gasteiger partial charge on any atom is -0.306 e. The molecule has 0 aliphatic heterocycles. The topological polar surface area (TPSA) is 29.9 Å². The van der Waals surface area contributed by atoms with Gasteiger partial charge in [-0.05, 0) is 18.2 Å². The van der Waals surface area contributed by atoms with Crippen molar-refractivity contribution in [2.75, 3.05) is 0 Å². The summed E-state index contributed by atoms with van der Waals surface area (Å²) in [6.07, 6.45) is -4.44. The summed E-state index contributed by atoms with van der Waals surface area (Å²) in [5.74, 6) is 0. The number of halogens is 4. The maximum atomic E-state index is 12.7. The lowest BCUT2D eigenvalue weighted by atomic mass is 10.3.